The Kier molecular flexibility index (Phi) is 19.1. The fourth-order valence-corrected chi connectivity index (χ4v) is 11.3. The summed E-state index contributed by atoms with van der Waals surface area (Å²) in [5, 5.41) is 16.0. The zero-order valence-corrected chi connectivity index (χ0v) is 42.1. The molecule has 0 bridgehead atoms. The van der Waals surface area contributed by atoms with Crippen molar-refractivity contribution >= 4 is 69.6 Å². The van der Waals surface area contributed by atoms with Crippen molar-refractivity contribution in [2.75, 3.05) is 70.2 Å². The molecule has 7 N–H and O–H groups in total. The molecule has 4 aliphatic rings. The number of benzene rings is 4. The number of sulfonamides is 1. The molecule has 73 heavy (non-hydrogen) atoms. The van der Waals surface area contributed by atoms with Gasteiger partial charge in [-0.2, -0.15) is 8.42 Å². The molecule has 4 fully saturated rings. The maximum Gasteiger partial charge on any atom is 0.452 e. The fraction of sp³-hybridized carbons (Fsp3) is 0.347. The smallest absolute Gasteiger partial charge is 0.412 e. The first-order valence-electron chi connectivity index (χ1n) is 23.2. The van der Waals surface area contributed by atoms with Gasteiger partial charge in [-0.05, 0) is 104 Å². The van der Waals surface area contributed by atoms with E-state index in [2.05, 4.69) is 33.2 Å². The quantitative estimate of drug-likeness (QED) is 0.0989. The Balaban J connectivity index is 0.000000275. The summed E-state index contributed by atoms with van der Waals surface area (Å²) in [6, 6.07) is 31.1. The van der Waals surface area contributed by atoms with Gasteiger partial charge in [0.05, 0.1) is 21.7 Å². The van der Waals surface area contributed by atoms with Crippen LogP contribution in [0.1, 0.15) is 54.8 Å². The van der Waals surface area contributed by atoms with E-state index in [1.54, 1.807) is 97.3 Å². The van der Waals surface area contributed by atoms with Crippen molar-refractivity contribution in [3.63, 3.8) is 0 Å². The minimum Gasteiger partial charge on any atom is -0.412 e. The summed E-state index contributed by atoms with van der Waals surface area (Å²) in [7, 11) is -11.9. The molecular weight excluding hydrogens is 1010 g/mol. The number of carbonyl (C=O) groups is 2. The fourth-order valence-electron chi connectivity index (χ4n) is 8.53. The molecule has 396 valence electrons. The molecule has 0 radical (unpaired) electrons. The molecule has 2 aromatic heterocycles. The van der Waals surface area contributed by atoms with Gasteiger partial charge >= 0.3 is 10.4 Å². The van der Waals surface area contributed by atoms with Crippen LogP contribution in [0.4, 0.5) is 5.69 Å². The summed E-state index contributed by atoms with van der Waals surface area (Å²) in [4.78, 5) is 43.3. The van der Waals surface area contributed by atoms with Crippen LogP contribution in [0.25, 0.3) is 21.8 Å². The Hall–Kier alpha value is -6.03. The van der Waals surface area contributed by atoms with Crippen LogP contribution in [0.3, 0.4) is 0 Å². The van der Waals surface area contributed by atoms with Crippen LogP contribution in [0.2, 0.25) is 0 Å². The van der Waals surface area contributed by atoms with Gasteiger partial charge in [0.2, 0.25) is 0 Å². The number of amides is 2. The van der Waals surface area contributed by atoms with E-state index in [9.17, 15) is 34.8 Å². The third kappa shape index (κ3) is 15.0. The Morgan fingerprint density at radius 1 is 0.562 bits per heavy atom. The van der Waals surface area contributed by atoms with Crippen LogP contribution in [0.15, 0.2) is 131 Å². The van der Waals surface area contributed by atoms with Gasteiger partial charge in [0.1, 0.15) is 4.90 Å². The summed E-state index contributed by atoms with van der Waals surface area (Å²) in [6.45, 7) is 8.96. The SMILES string of the molecule is O.O.O=C(c1ccc(CS(=O)(=O)c2cccc3cccnc23)cc1)N1CCN(CC2CC2)CC1.O=C(c1ccc(NS(=O)(=O)c2cccc3cccnc23)cc1)N1CCN(CC2CC2)CC1.O=S(=O)(OO)OO.[HH].[HH]. The summed E-state index contributed by atoms with van der Waals surface area (Å²) in [5.74, 6) is 1.60. The Morgan fingerprint density at radius 3 is 1.40 bits per heavy atom. The predicted octanol–water partition coefficient (Wildman–Crippen LogP) is 4.63. The molecule has 21 nitrogen and oxygen atoms in total. The molecule has 2 aliphatic carbocycles. The summed E-state index contributed by atoms with van der Waals surface area (Å²) >= 11 is 0. The van der Waals surface area contributed by atoms with Crippen LogP contribution in [-0.2, 0) is 44.7 Å². The molecule has 4 heterocycles. The van der Waals surface area contributed by atoms with Crippen molar-refractivity contribution in [1.29, 1.82) is 0 Å². The molecule has 0 spiro atoms. The summed E-state index contributed by atoms with van der Waals surface area (Å²) < 4.78 is 78.7. The summed E-state index contributed by atoms with van der Waals surface area (Å²) in [5.41, 5.74) is 3.15. The number of anilines is 1. The van der Waals surface area contributed by atoms with Crippen molar-refractivity contribution in [1.82, 2.24) is 29.6 Å². The van der Waals surface area contributed by atoms with E-state index < -0.39 is 30.3 Å². The Morgan fingerprint density at radius 2 is 0.973 bits per heavy atom. The first-order valence-corrected chi connectivity index (χ1v) is 27.6. The minimum atomic E-state index is -4.55. The van der Waals surface area contributed by atoms with Crippen molar-refractivity contribution in [2.24, 2.45) is 11.8 Å². The number of aromatic nitrogens is 2. The topological polar surface area (TPSA) is 309 Å². The number of carbonyl (C=O) groups excluding carboxylic acids is 2. The van der Waals surface area contributed by atoms with Gasteiger partial charge in [-0.15, -0.1) is 0 Å². The van der Waals surface area contributed by atoms with E-state index in [0.29, 0.717) is 33.4 Å². The molecule has 2 amide bonds. The number of pyridine rings is 2. The maximum atomic E-state index is 13.1. The monoisotopic (exact) mass is 1070 g/mol. The van der Waals surface area contributed by atoms with Crippen LogP contribution in [0, 0.1) is 11.8 Å². The van der Waals surface area contributed by atoms with Gasteiger partial charge in [0.15, 0.2) is 9.84 Å². The number of para-hydroxylation sites is 2. The zero-order valence-electron chi connectivity index (χ0n) is 39.7. The lowest BCUT2D eigenvalue weighted by Gasteiger charge is -2.34. The summed E-state index contributed by atoms with van der Waals surface area (Å²) in [6.07, 6.45) is 8.55. The number of sulfone groups is 1. The number of piperazine rings is 2. The first kappa shape index (κ1) is 56.3. The number of nitrogens with one attached hydrogen (secondary N) is 1. The lowest BCUT2D eigenvalue weighted by molar-refractivity contribution is -0.198. The molecule has 6 aromatic rings. The highest BCUT2D eigenvalue weighted by Crippen LogP contribution is 2.31. The van der Waals surface area contributed by atoms with E-state index in [1.807, 2.05) is 34.1 Å². The van der Waals surface area contributed by atoms with Crippen molar-refractivity contribution in [3.8, 4) is 0 Å². The largest absolute Gasteiger partial charge is 0.452 e. The zero-order chi connectivity index (χ0) is 50.2. The number of rotatable bonds is 14. The average Bonchev–Trinajstić information content (AvgIpc) is 4.35. The minimum absolute atomic E-state index is 0. The third-order valence-corrected chi connectivity index (χ3v) is 16.2. The van der Waals surface area contributed by atoms with Gasteiger partial charge in [-0.25, -0.2) is 27.4 Å². The van der Waals surface area contributed by atoms with Crippen LogP contribution in [-0.4, -0.2) is 154 Å². The van der Waals surface area contributed by atoms with Gasteiger partial charge in [0.25, 0.3) is 21.8 Å². The van der Waals surface area contributed by atoms with E-state index in [4.69, 9.17) is 10.5 Å². The normalized spacial score (nSPS) is 16.5. The van der Waals surface area contributed by atoms with E-state index in [0.717, 1.165) is 88.1 Å². The van der Waals surface area contributed by atoms with Gasteiger partial charge < -0.3 is 20.8 Å². The molecule has 24 heteroatoms. The highest BCUT2D eigenvalue weighted by atomic mass is 32.3. The Labute approximate surface area is 426 Å². The second-order valence-electron chi connectivity index (χ2n) is 17.9. The maximum absolute atomic E-state index is 13.1. The van der Waals surface area contributed by atoms with Crippen LogP contribution >= 0.6 is 0 Å². The van der Waals surface area contributed by atoms with E-state index >= 15 is 0 Å². The lowest BCUT2D eigenvalue weighted by atomic mass is 10.1. The molecular formula is C49H63N7O14S3. The standard InChI is InChI=1S/C25H27N3O3S.C24H26N4O3S.H2O6S.2H2O.2H2/c29-25(28-15-13-27(14-16-28)17-19-6-7-19)22-10-8-20(9-11-22)18-32(30,31)23-5-1-3-21-4-2-12-26-24(21)23;29-24(28-15-13-27(14-16-28)17-18-6-7-18)20-8-10-21(11-9-20)26-32(30,31)22-5-1-3-19-4-2-12-25-23(19)22;1-5-7(3,4)6-2;;;;/h1-5,8-12,19H,6-7,13-18H2;1-5,8-12,18,26H,6-7,13-17H2;1-2H;2*1H2;2*1H. The molecule has 4 aromatic carbocycles. The number of hydrogen-bond acceptors (Lipinski definition) is 16. The van der Waals surface area contributed by atoms with Crippen molar-refractivity contribution in [2.45, 2.75) is 41.2 Å². The van der Waals surface area contributed by atoms with Gasteiger partial charge in [-0.1, -0.05) is 57.2 Å². The van der Waals surface area contributed by atoms with Crippen LogP contribution < -0.4 is 4.72 Å². The molecule has 0 unspecified atom stereocenters. The highest BCUT2D eigenvalue weighted by Gasteiger charge is 2.30. The first-order chi connectivity index (χ1) is 34.1. The van der Waals surface area contributed by atoms with Gasteiger partial charge in [0, 0.05) is 108 Å². The molecule has 2 saturated carbocycles. The second kappa shape index (κ2) is 24.8. The van der Waals surface area contributed by atoms with Crippen molar-refractivity contribution in [3.05, 3.63) is 138 Å². The van der Waals surface area contributed by atoms with E-state index in [-0.39, 0.29) is 41.2 Å². The molecule has 10 rings (SSSR count). The van der Waals surface area contributed by atoms with E-state index in [1.165, 1.54) is 25.7 Å². The Bertz CT molecular complexity index is 2960. The lowest BCUT2D eigenvalue weighted by Crippen LogP contribution is -2.49. The molecule has 0 atom stereocenters. The molecule has 2 saturated heterocycles. The number of hydrogen-bond donors (Lipinski definition) is 3. The molecule has 2 aliphatic heterocycles. The third-order valence-electron chi connectivity index (χ3n) is 12.7. The highest BCUT2D eigenvalue weighted by molar-refractivity contribution is 7.93. The number of nitrogens with zero attached hydrogens (tertiary/aromatic N) is 6. The number of fused-ring (bicyclic) bond motifs is 2. The average molecular weight is 1070 g/mol. The van der Waals surface area contributed by atoms with Crippen molar-refractivity contribution < 1.29 is 67.8 Å². The van der Waals surface area contributed by atoms with Crippen LogP contribution in [0.5, 0.6) is 0 Å². The predicted molar refractivity (Wildman–Crippen MR) is 276 cm³/mol. The second-order valence-corrected chi connectivity index (χ2v) is 22.7. The van der Waals surface area contributed by atoms with Gasteiger partial charge in [-0.3, -0.25) is 34.1 Å².